The van der Waals surface area contributed by atoms with Crippen molar-refractivity contribution >= 4 is 13.4 Å². The molecule has 0 aliphatic carbocycles. The van der Waals surface area contributed by atoms with Gasteiger partial charge in [-0.1, -0.05) is 6.58 Å². The van der Waals surface area contributed by atoms with Crippen LogP contribution in [0.4, 0.5) is 0 Å². The molecule has 0 fully saturated rings. The number of carbonyl (C=O) groups excluding carboxylic acids is 1. The van der Waals surface area contributed by atoms with E-state index in [1.165, 1.54) is 0 Å². The topological polar surface area (TPSA) is 74.6 Å². The minimum absolute atomic E-state index is 0.161. The van der Waals surface area contributed by atoms with Crippen molar-refractivity contribution in [3.63, 3.8) is 0 Å². The van der Waals surface area contributed by atoms with E-state index < -0.39 is 7.60 Å². The van der Waals surface area contributed by atoms with E-state index in [9.17, 15) is 9.36 Å². The fraction of sp³-hybridized carbons (Fsp3) is 0.500. The lowest BCUT2D eigenvalue weighted by Crippen LogP contribution is -1.95. The van der Waals surface area contributed by atoms with Crippen molar-refractivity contribution in [2.45, 2.75) is 12.8 Å². The predicted octanol–water partition coefficient (Wildman–Crippen LogP) is 0.699. The van der Waals surface area contributed by atoms with Crippen LogP contribution >= 0.6 is 7.60 Å². The molecular weight excluding hydrogens is 167 g/mol. The largest absolute Gasteiger partial charge is 0.325 e. The van der Waals surface area contributed by atoms with Crippen molar-refractivity contribution in [1.29, 1.82) is 0 Å². The lowest BCUT2D eigenvalue weighted by molar-refractivity contribution is -0.114. The van der Waals surface area contributed by atoms with Gasteiger partial charge in [0.1, 0.15) is 0 Å². The van der Waals surface area contributed by atoms with Crippen LogP contribution in [0.5, 0.6) is 0 Å². The standard InChI is InChI=1S/C6H11O4P/c1-2-6(7)4-3-5-11(8,9)10/h2H,1,3-5H2,(H2,8,9,10). The Labute approximate surface area is 65.1 Å². The second-order valence-corrected chi connectivity index (χ2v) is 3.94. The summed E-state index contributed by atoms with van der Waals surface area (Å²) in [4.78, 5) is 27.3. The molecule has 0 radical (unpaired) electrons. The molecule has 0 aromatic heterocycles. The first-order valence-corrected chi connectivity index (χ1v) is 4.95. The number of ketones is 1. The van der Waals surface area contributed by atoms with Gasteiger partial charge in [-0.05, 0) is 12.5 Å². The monoisotopic (exact) mass is 178 g/mol. The van der Waals surface area contributed by atoms with Crippen LogP contribution in [0.1, 0.15) is 12.8 Å². The Morgan fingerprint density at radius 1 is 1.55 bits per heavy atom. The zero-order valence-corrected chi connectivity index (χ0v) is 6.96. The molecule has 0 rings (SSSR count). The molecule has 0 heterocycles. The highest BCUT2D eigenvalue weighted by Crippen LogP contribution is 2.35. The third-order valence-electron chi connectivity index (χ3n) is 1.10. The van der Waals surface area contributed by atoms with Gasteiger partial charge >= 0.3 is 7.60 Å². The van der Waals surface area contributed by atoms with Crippen molar-refractivity contribution in [2.75, 3.05) is 6.16 Å². The average Bonchev–Trinajstić information content (AvgIpc) is 1.85. The second-order valence-electron chi connectivity index (χ2n) is 2.16. The van der Waals surface area contributed by atoms with Crippen molar-refractivity contribution in [1.82, 2.24) is 0 Å². The molecule has 5 heteroatoms. The van der Waals surface area contributed by atoms with Gasteiger partial charge in [0, 0.05) is 6.42 Å². The zero-order chi connectivity index (χ0) is 8.91. The molecular formula is C6H11O4P. The number of allylic oxidation sites excluding steroid dienone is 1. The number of hydrogen-bond donors (Lipinski definition) is 2. The minimum atomic E-state index is -3.92. The highest BCUT2D eigenvalue weighted by Gasteiger charge is 2.12. The molecule has 0 aromatic rings. The summed E-state index contributed by atoms with van der Waals surface area (Å²) in [5, 5.41) is 0. The van der Waals surface area contributed by atoms with Gasteiger partial charge in [0.25, 0.3) is 0 Å². The Morgan fingerprint density at radius 3 is 2.45 bits per heavy atom. The Kier molecular flexibility index (Phi) is 4.26. The quantitative estimate of drug-likeness (QED) is 0.480. The highest BCUT2D eigenvalue weighted by atomic mass is 31.2. The van der Waals surface area contributed by atoms with Crippen molar-refractivity contribution in [3.05, 3.63) is 12.7 Å². The first kappa shape index (κ1) is 10.6. The molecule has 0 saturated heterocycles. The Bertz CT molecular complexity index is 193. The van der Waals surface area contributed by atoms with Crippen LogP contribution in [-0.4, -0.2) is 21.7 Å². The first-order chi connectivity index (χ1) is 4.95. The van der Waals surface area contributed by atoms with Crippen LogP contribution in [0, 0.1) is 0 Å². The molecule has 0 aromatic carbocycles. The first-order valence-electron chi connectivity index (χ1n) is 3.15. The van der Waals surface area contributed by atoms with Crippen LogP contribution in [0.15, 0.2) is 12.7 Å². The van der Waals surface area contributed by atoms with E-state index in [-0.39, 0.29) is 24.8 Å². The molecule has 0 saturated carbocycles. The van der Waals surface area contributed by atoms with Crippen LogP contribution in [-0.2, 0) is 9.36 Å². The summed E-state index contributed by atoms with van der Waals surface area (Å²) in [5.74, 6) is -0.182. The van der Waals surface area contributed by atoms with Gasteiger partial charge in [-0.3, -0.25) is 9.36 Å². The van der Waals surface area contributed by atoms with Gasteiger partial charge < -0.3 is 9.79 Å². The molecule has 0 aliphatic rings. The van der Waals surface area contributed by atoms with Gasteiger partial charge in [0.2, 0.25) is 0 Å². The summed E-state index contributed by atoms with van der Waals surface area (Å²) < 4.78 is 10.3. The van der Waals surface area contributed by atoms with E-state index in [4.69, 9.17) is 9.79 Å². The maximum Gasteiger partial charge on any atom is 0.325 e. The summed E-state index contributed by atoms with van der Waals surface area (Å²) >= 11 is 0. The maximum absolute atomic E-state index is 10.5. The van der Waals surface area contributed by atoms with Gasteiger partial charge in [0.15, 0.2) is 5.78 Å². The Morgan fingerprint density at radius 2 is 2.09 bits per heavy atom. The smallest absolute Gasteiger partial charge is 0.324 e. The molecule has 0 atom stereocenters. The fourth-order valence-electron chi connectivity index (χ4n) is 0.561. The molecule has 0 spiro atoms. The summed E-state index contributed by atoms with van der Waals surface area (Å²) in [5.41, 5.74) is 0. The van der Waals surface area contributed by atoms with Gasteiger partial charge in [-0.2, -0.15) is 0 Å². The van der Waals surface area contributed by atoms with Crippen LogP contribution in [0.3, 0.4) is 0 Å². The highest BCUT2D eigenvalue weighted by molar-refractivity contribution is 7.51. The van der Waals surface area contributed by atoms with Crippen LogP contribution in [0.2, 0.25) is 0 Å². The van der Waals surface area contributed by atoms with E-state index in [0.29, 0.717) is 0 Å². The SMILES string of the molecule is C=CC(=O)CCCP(=O)(O)O. The predicted molar refractivity (Wildman–Crippen MR) is 41.3 cm³/mol. The Hall–Kier alpha value is -0.440. The normalized spacial score (nSPS) is 11.1. The van der Waals surface area contributed by atoms with Gasteiger partial charge in [-0.15, -0.1) is 0 Å². The molecule has 0 bridgehead atoms. The molecule has 0 unspecified atom stereocenters. The van der Waals surface area contributed by atoms with E-state index in [2.05, 4.69) is 6.58 Å². The minimum Gasteiger partial charge on any atom is -0.324 e. The molecule has 64 valence electrons. The zero-order valence-electron chi connectivity index (χ0n) is 6.06. The summed E-state index contributed by atoms with van der Waals surface area (Å²) in [6.45, 7) is 3.23. The second kappa shape index (κ2) is 4.44. The molecule has 4 nitrogen and oxygen atoms in total. The van der Waals surface area contributed by atoms with E-state index >= 15 is 0 Å². The van der Waals surface area contributed by atoms with Crippen molar-refractivity contribution in [2.24, 2.45) is 0 Å². The van der Waals surface area contributed by atoms with Crippen molar-refractivity contribution < 1.29 is 19.1 Å². The lowest BCUT2D eigenvalue weighted by atomic mass is 10.2. The fourth-order valence-corrected chi connectivity index (χ4v) is 1.13. The summed E-state index contributed by atoms with van der Waals surface area (Å²) in [6, 6.07) is 0. The van der Waals surface area contributed by atoms with E-state index in [0.717, 1.165) is 6.08 Å². The average molecular weight is 178 g/mol. The van der Waals surface area contributed by atoms with Crippen LogP contribution in [0.25, 0.3) is 0 Å². The van der Waals surface area contributed by atoms with Crippen molar-refractivity contribution in [3.8, 4) is 0 Å². The number of carbonyl (C=O) groups is 1. The third-order valence-corrected chi connectivity index (χ3v) is 2.00. The third kappa shape index (κ3) is 7.46. The molecule has 11 heavy (non-hydrogen) atoms. The van der Waals surface area contributed by atoms with Gasteiger partial charge in [0.05, 0.1) is 6.16 Å². The molecule has 2 N–H and O–H groups in total. The molecule has 0 amide bonds. The number of rotatable bonds is 5. The van der Waals surface area contributed by atoms with Gasteiger partial charge in [-0.25, -0.2) is 0 Å². The summed E-state index contributed by atoms with van der Waals surface area (Å²) in [7, 11) is -3.92. The lowest BCUT2D eigenvalue weighted by Gasteiger charge is -2.00. The molecule has 0 aliphatic heterocycles. The number of hydrogen-bond acceptors (Lipinski definition) is 2. The maximum atomic E-state index is 10.5. The summed E-state index contributed by atoms with van der Waals surface area (Å²) in [6.07, 6.45) is 1.30. The van der Waals surface area contributed by atoms with E-state index in [1.54, 1.807) is 0 Å². The van der Waals surface area contributed by atoms with E-state index in [1.807, 2.05) is 0 Å². The van der Waals surface area contributed by atoms with Crippen LogP contribution < -0.4 is 0 Å². The Balaban J connectivity index is 3.51.